The van der Waals surface area contributed by atoms with Gasteiger partial charge in [0.25, 0.3) is 0 Å². The molecule has 0 bridgehead atoms. The van der Waals surface area contributed by atoms with Gasteiger partial charge in [0, 0.05) is 10.4 Å². The Bertz CT molecular complexity index is 504. The highest BCUT2D eigenvalue weighted by atomic mass is 79.9. The first-order chi connectivity index (χ1) is 9.33. The predicted molar refractivity (Wildman–Crippen MR) is 96.3 cm³/mol. The largest absolute Gasteiger partial charge is 0.133 e. The van der Waals surface area contributed by atoms with E-state index in [2.05, 4.69) is 15.9 Å². The lowest BCUT2D eigenvalue weighted by atomic mass is 9.59. The molecule has 84 valence electrons. The van der Waals surface area contributed by atoms with Gasteiger partial charge in [-0.3, -0.25) is 0 Å². The van der Waals surface area contributed by atoms with Crippen LogP contribution in [-0.4, -0.2) is 54.9 Å². The van der Waals surface area contributed by atoms with Gasteiger partial charge in [0.15, 0.2) is 0 Å². The standard InChI is InChI=1S/C12H8B7Br/c13-3-8(17)11(12(19)9(18)4-14)5-1-10(20)7(16)2-6(5)15/h1-2,5-6H,3-4H2/b11-8+,12-9-. The molecular formula is C12H8B7Br. The molecule has 2 unspecified atom stereocenters. The van der Waals surface area contributed by atoms with Crippen molar-refractivity contribution >= 4 is 70.9 Å². The molecule has 8 heteroatoms. The quantitative estimate of drug-likeness (QED) is 0.538. The minimum Gasteiger partial charge on any atom is -0.133 e. The SMILES string of the molecule is [B]C/C([B])=C([B])\C(=C(\[B])C[B])C1C=C(Br)C([B])=CC1[B]. The maximum atomic E-state index is 6.10. The van der Waals surface area contributed by atoms with Crippen LogP contribution in [0.25, 0.3) is 0 Å². The van der Waals surface area contributed by atoms with Gasteiger partial charge in [0.1, 0.15) is 31.4 Å². The van der Waals surface area contributed by atoms with Crippen LogP contribution in [-0.2, 0) is 0 Å². The number of halogens is 1. The summed E-state index contributed by atoms with van der Waals surface area (Å²) >= 11 is 3.37. The summed E-state index contributed by atoms with van der Waals surface area (Å²) in [6.07, 6.45) is 3.83. The Morgan fingerprint density at radius 2 is 1.60 bits per heavy atom. The molecule has 0 saturated carbocycles. The van der Waals surface area contributed by atoms with Crippen LogP contribution in [0.1, 0.15) is 0 Å². The van der Waals surface area contributed by atoms with Crippen molar-refractivity contribution in [1.29, 1.82) is 0 Å². The van der Waals surface area contributed by atoms with Crippen molar-refractivity contribution in [2.45, 2.75) is 18.5 Å². The third-order valence-corrected chi connectivity index (χ3v) is 3.87. The van der Waals surface area contributed by atoms with E-state index in [0.29, 0.717) is 27.5 Å². The first kappa shape index (κ1) is 17.9. The molecule has 1 rings (SSSR count). The van der Waals surface area contributed by atoms with Crippen molar-refractivity contribution in [3.05, 3.63) is 44.1 Å². The number of hydrogen-bond donors (Lipinski definition) is 0. The smallest absolute Gasteiger partial charge is 0.114 e. The average molecular weight is 308 g/mol. The molecule has 0 N–H and O–H groups in total. The summed E-state index contributed by atoms with van der Waals surface area (Å²) in [6, 6.07) is 0. The van der Waals surface area contributed by atoms with E-state index in [4.69, 9.17) is 54.9 Å². The number of allylic oxidation sites excluding steroid dienone is 8. The van der Waals surface area contributed by atoms with Crippen LogP contribution in [0.2, 0.25) is 18.5 Å². The van der Waals surface area contributed by atoms with Crippen molar-refractivity contribution in [1.82, 2.24) is 0 Å². The third kappa shape index (κ3) is 3.96. The molecule has 2 atom stereocenters. The highest BCUT2D eigenvalue weighted by Crippen LogP contribution is 2.39. The molecule has 0 saturated heterocycles. The Balaban J connectivity index is 3.36. The molecule has 1 aliphatic rings. The van der Waals surface area contributed by atoms with Crippen molar-refractivity contribution in [2.24, 2.45) is 5.92 Å². The van der Waals surface area contributed by atoms with E-state index >= 15 is 0 Å². The van der Waals surface area contributed by atoms with Crippen molar-refractivity contribution in [2.75, 3.05) is 0 Å². The highest BCUT2D eigenvalue weighted by Gasteiger charge is 2.24. The molecule has 0 aromatic carbocycles. The van der Waals surface area contributed by atoms with Crippen LogP contribution in [0, 0.1) is 5.92 Å². The fraction of sp³-hybridized carbons (Fsp3) is 0.333. The first-order valence-corrected chi connectivity index (χ1v) is 6.86. The maximum Gasteiger partial charge on any atom is 0.114 e. The van der Waals surface area contributed by atoms with E-state index in [1.807, 2.05) is 6.08 Å². The van der Waals surface area contributed by atoms with E-state index in [-0.39, 0.29) is 24.4 Å². The molecule has 0 nitrogen and oxygen atoms in total. The van der Waals surface area contributed by atoms with Crippen LogP contribution in [0.4, 0.5) is 0 Å². The lowest BCUT2D eigenvalue weighted by Crippen LogP contribution is -2.18. The van der Waals surface area contributed by atoms with E-state index in [1.165, 1.54) is 0 Å². The Hall–Kier alpha value is -0.105. The maximum absolute atomic E-state index is 6.10. The van der Waals surface area contributed by atoms with Crippen LogP contribution < -0.4 is 0 Å². The van der Waals surface area contributed by atoms with Gasteiger partial charge in [-0.15, -0.1) is 16.4 Å². The molecule has 0 fully saturated rings. The van der Waals surface area contributed by atoms with Gasteiger partial charge < -0.3 is 0 Å². The third-order valence-electron chi connectivity index (χ3n) is 3.14. The van der Waals surface area contributed by atoms with Crippen molar-refractivity contribution < 1.29 is 0 Å². The van der Waals surface area contributed by atoms with Crippen LogP contribution in [0.15, 0.2) is 44.1 Å². The Morgan fingerprint density at radius 1 is 1.05 bits per heavy atom. The topological polar surface area (TPSA) is 0 Å². The predicted octanol–water partition coefficient (Wildman–Crippen LogP) is 1.05. The zero-order valence-electron chi connectivity index (χ0n) is 11.1. The summed E-state index contributed by atoms with van der Waals surface area (Å²) in [4.78, 5) is 0. The molecule has 0 heterocycles. The van der Waals surface area contributed by atoms with E-state index in [0.717, 1.165) is 4.48 Å². The molecule has 14 radical (unpaired) electrons. The summed E-state index contributed by atoms with van der Waals surface area (Å²) in [7, 11) is 40.9. The molecule has 20 heavy (non-hydrogen) atoms. The second-order valence-corrected chi connectivity index (χ2v) is 5.38. The summed E-state index contributed by atoms with van der Waals surface area (Å²) in [5.74, 6) is -0.647. The van der Waals surface area contributed by atoms with E-state index in [9.17, 15) is 0 Å². The van der Waals surface area contributed by atoms with Gasteiger partial charge in [-0.05, 0) is 0 Å². The summed E-state index contributed by atoms with van der Waals surface area (Å²) in [6.45, 7) is 0. The second kappa shape index (κ2) is 7.78. The van der Waals surface area contributed by atoms with Crippen LogP contribution in [0.3, 0.4) is 0 Å². The molecule has 0 amide bonds. The summed E-state index contributed by atoms with van der Waals surface area (Å²) in [5, 5.41) is 0. The second-order valence-electron chi connectivity index (χ2n) is 4.53. The number of rotatable bonds is 4. The zero-order valence-corrected chi connectivity index (χ0v) is 12.7. The first-order valence-electron chi connectivity index (χ1n) is 6.07. The molecule has 1 aliphatic carbocycles. The van der Waals surface area contributed by atoms with Gasteiger partial charge in [-0.2, -0.15) is 0 Å². The Kier molecular flexibility index (Phi) is 6.98. The average Bonchev–Trinajstić information content (AvgIpc) is 2.43. The monoisotopic (exact) mass is 308 g/mol. The van der Waals surface area contributed by atoms with Crippen LogP contribution >= 0.6 is 15.9 Å². The molecule has 0 aliphatic heterocycles. The highest BCUT2D eigenvalue weighted by molar-refractivity contribution is 9.12. The fourth-order valence-corrected chi connectivity index (χ4v) is 2.41. The van der Waals surface area contributed by atoms with Gasteiger partial charge in [0.2, 0.25) is 0 Å². The lowest BCUT2D eigenvalue weighted by Gasteiger charge is -2.31. The van der Waals surface area contributed by atoms with Crippen molar-refractivity contribution in [3.8, 4) is 0 Å². The van der Waals surface area contributed by atoms with Gasteiger partial charge in [0.05, 0.1) is 23.5 Å². The Morgan fingerprint density at radius 3 is 2.10 bits per heavy atom. The van der Waals surface area contributed by atoms with Gasteiger partial charge in [-0.25, -0.2) is 0 Å². The van der Waals surface area contributed by atoms with Crippen molar-refractivity contribution in [3.63, 3.8) is 0 Å². The zero-order chi connectivity index (χ0) is 15.4. The van der Waals surface area contributed by atoms with Crippen LogP contribution in [0.5, 0.6) is 0 Å². The lowest BCUT2D eigenvalue weighted by molar-refractivity contribution is 0.772. The summed E-state index contributed by atoms with van der Waals surface area (Å²) < 4.78 is 0.727. The Labute approximate surface area is 139 Å². The van der Waals surface area contributed by atoms with Gasteiger partial charge in [-0.1, -0.05) is 57.6 Å². The molecule has 0 aromatic rings. The van der Waals surface area contributed by atoms with Gasteiger partial charge >= 0.3 is 0 Å². The molecular weight excluding hydrogens is 300 g/mol. The van der Waals surface area contributed by atoms with E-state index in [1.54, 1.807) is 6.08 Å². The fourth-order valence-electron chi connectivity index (χ4n) is 1.99. The molecule has 0 aromatic heterocycles. The molecule has 0 spiro atoms. The minimum absolute atomic E-state index is 0.123. The van der Waals surface area contributed by atoms with E-state index < -0.39 is 0 Å². The normalized spacial score (nSPS) is 25.2. The minimum atomic E-state index is -0.375. The summed E-state index contributed by atoms with van der Waals surface area (Å²) in [5.41, 5.74) is 2.25. The number of hydrogen-bond acceptors (Lipinski definition) is 0.